The van der Waals surface area contributed by atoms with Gasteiger partial charge in [0.1, 0.15) is 0 Å². The van der Waals surface area contributed by atoms with E-state index < -0.39 is 0 Å². The molecule has 0 aromatic heterocycles. The summed E-state index contributed by atoms with van der Waals surface area (Å²) in [5.74, 6) is -0.160. The topological polar surface area (TPSA) is 49.4 Å². The van der Waals surface area contributed by atoms with E-state index in [4.69, 9.17) is 0 Å². The monoisotopic (exact) mass is 184 g/mol. The van der Waals surface area contributed by atoms with Crippen LogP contribution < -0.4 is 5.32 Å². The second-order valence-corrected chi connectivity index (χ2v) is 3.27. The van der Waals surface area contributed by atoms with Crippen molar-refractivity contribution >= 4 is 11.9 Å². The molecule has 13 heavy (non-hydrogen) atoms. The van der Waals surface area contributed by atoms with Gasteiger partial charge >= 0.3 is 6.03 Å². The smallest absolute Gasteiger partial charge is 0.321 e. The number of hydrogen-bond acceptors (Lipinski definition) is 2. The minimum Gasteiger partial charge on any atom is -0.321 e. The second kappa shape index (κ2) is 4.25. The highest BCUT2D eigenvalue weighted by Crippen LogP contribution is 2.11. The van der Waals surface area contributed by atoms with E-state index >= 15 is 0 Å². The molecular weight excluding hydrogens is 168 g/mol. The molecule has 74 valence electrons. The Hall–Kier alpha value is -1.06. The zero-order valence-electron chi connectivity index (χ0n) is 8.17. The maximum absolute atomic E-state index is 11.4. The molecule has 1 saturated heterocycles. The van der Waals surface area contributed by atoms with E-state index in [2.05, 4.69) is 19.2 Å². The van der Waals surface area contributed by atoms with Crippen LogP contribution >= 0.6 is 0 Å². The molecule has 0 spiro atoms. The number of imide groups is 1. The fourth-order valence-corrected chi connectivity index (χ4v) is 1.65. The summed E-state index contributed by atoms with van der Waals surface area (Å²) >= 11 is 0. The number of nitrogens with one attached hydrogen (secondary N) is 1. The predicted octanol–water partition coefficient (Wildman–Crippen LogP) is 1.12. The van der Waals surface area contributed by atoms with Crippen LogP contribution in [0.4, 0.5) is 4.79 Å². The molecule has 0 radical (unpaired) electrons. The molecule has 0 unspecified atom stereocenters. The van der Waals surface area contributed by atoms with E-state index in [1.165, 1.54) is 0 Å². The number of nitrogens with zero attached hydrogens (tertiary/aromatic N) is 1. The van der Waals surface area contributed by atoms with E-state index in [1.54, 1.807) is 4.90 Å². The lowest BCUT2D eigenvalue weighted by atomic mass is 10.1. The zero-order valence-corrected chi connectivity index (χ0v) is 8.17. The van der Waals surface area contributed by atoms with Crippen LogP contribution in [0.15, 0.2) is 0 Å². The van der Waals surface area contributed by atoms with E-state index in [-0.39, 0.29) is 18.0 Å². The van der Waals surface area contributed by atoms with Crippen LogP contribution in [0.1, 0.15) is 33.1 Å². The second-order valence-electron chi connectivity index (χ2n) is 3.27. The first-order valence-electron chi connectivity index (χ1n) is 4.79. The average Bonchev–Trinajstić information content (AvgIpc) is 2.10. The van der Waals surface area contributed by atoms with Crippen molar-refractivity contribution in [3.63, 3.8) is 0 Å². The van der Waals surface area contributed by atoms with Gasteiger partial charge in [-0.05, 0) is 12.8 Å². The van der Waals surface area contributed by atoms with Crippen LogP contribution in [-0.2, 0) is 4.79 Å². The van der Waals surface area contributed by atoms with Gasteiger partial charge < -0.3 is 4.90 Å². The van der Waals surface area contributed by atoms with Gasteiger partial charge in [0.2, 0.25) is 5.91 Å². The standard InChI is InChI=1S/C9H16N2O2/c1-3-7(4-2)11-6-5-8(12)10-9(11)13/h7H,3-6H2,1-2H3,(H,10,12,13). The van der Waals surface area contributed by atoms with Crippen molar-refractivity contribution in [2.24, 2.45) is 0 Å². The number of carbonyl (C=O) groups is 2. The Morgan fingerprint density at radius 2 is 2.00 bits per heavy atom. The van der Waals surface area contributed by atoms with E-state index in [0.29, 0.717) is 13.0 Å². The Morgan fingerprint density at radius 3 is 2.46 bits per heavy atom. The maximum Gasteiger partial charge on any atom is 0.324 e. The summed E-state index contributed by atoms with van der Waals surface area (Å²) in [7, 11) is 0. The van der Waals surface area contributed by atoms with E-state index in [9.17, 15) is 9.59 Å². The molecular formula is C9H16N2O2. The van der Waals surface area contributed by atoms with Crippen molar-refractivity contribution in [2.45, 2.75) is 39.2 Å². The quantitative estimate of drug-likeness (QED) is 0.714. The fourth-order valence-electron chi connectivity index (χ4n) is 1.65. The summed E-state index contributed by atoms with van der Waals surface area (Å²) in [6.07, 6.45) is 2.32. The largest absolute Gasteiger partial charge is 0.324 e. The van der Waals surface area contributed by atoms with Crippen LogP contribution in [-0.4, -0.2) is 29.4 Å². The van der Waals surface area contributed by atoms with Crippen molar-refractivity contribution in [3.8, 4) is 0 Å². The van der Waals surface area contributed by atoms with Gasteiger partial charge in [0, 0.05) is 19.0 Å². The summed E-state index contributed by atoms with van der Waals surface area (Å²) in [5, 5.41) is 2.33. The van der Waals surface area contributed by atoms with Crippen molar-refractivity contribution in [1.82, 2.24) is 10.2 Å². The van der Waals surface area contributed by atoms with E-state index in [0.717, 1.165) is 12.8 Å². The maximum atomic E-state index is 11.4. The highest BCUT2D eigenvalue weighted by Gasteiger charge is 2.26. The summed E-state index contributed by atoms with van der Waals surface area (Å²) in [5.41, 5.74) is 0. The van der Waals surface area contributed by atoms with E-state index in [1.807, 2.05) is 0 Å². The normalized spacial score (nSPS) is 17.9. The number of hydrogen-bond donors (Lipinski definition) is 1. The highest BCUT2D eigenvalue weighted by molar-refractivity contribution is 5.96. The summed E-state index contributed by atoms with van der Waals surface area (Å²) in [4.78, 5) is 24.0. The average molecular weight is 184 g/mol. The van der Waals surface area contributed by atoms with Gasteiger partial charge in [0.05, 0.1) is 0 Å². The molecule has 4 heteroatoms. The Labute approximate surface area is 78.3 Å². The first-order valence-corrected chi connectivity index (χ1v) is 4.79. The number of amides is 3. The molecule has 0 aliphatic carbocycles. The predicted molar refractivity (Wildman–Crippen MR) is 49.2 cm³/mol. The minimum absolute atomic E-state index is 0.160. The van der Waals surface area contributed by atoms with Gasteiger partial charge in [-0.15, -0.1) is 0 Å². The number of carbonyl (C=O) groups excluding carboxylic acids is 2. The van der Waals surface area contributed by atoms with Crippen molar-refractivity contribution < 1.29 is 9.59 Å². The Kier molecular flexibility index (Phi) is 3.28. The van der Waals surface area contributed by atoms with Crippen LogP contribution in [0, 0.1) is 0 Å². The molecule has 1 rings (SSSR count). The Bertz CT molecular complexity index is 212. The molecule has 0 aromatic carbocycles. The van der Waals surface area contributed by atoms with Gasteiger partial charge in [-0.2, -0.15) is 0 Å². The third-order valence-corrected chi connectivity index (χ3v) is 2.47. The van der Waals surface area contributed by atoms with Crippen molar-refractivity contribution in [2.75, 3.05) is 6.54 Å². The summed E-state index contributed by atoms with van der Waals surface area (Å²) in [6.45, 7) is 4.67. The Morgan fingerprint density at radius 1 is 1.38 bits per heavy atom. The molecule has 4 nitrogen and oxygen atoms in total. The summed E-state index contributed by atoms with van der Waals surface area (Å²) in [6, 6.07) is 0.0399. The lowest BCUT2D eigenvalue weighted by Crippen LogP contribution is -2.53. The van der Waals surface area contributed by atoms with Crippen LogP contribution in [0.2, 0.25) is 0 Å². The van der Waals surface area contributed by atoms with Gasteiger partial charge in [0.25, 0.3) is 0 Å². The molecule has 1 heterocycles. The van der Waals surface area contributed by atoms with Crippen LogP contribution in [0.25, 0.3) is 0 Å². The van der Waals surface area contributed by atoms with Gasteiger partial charge in [-0.1, -0.05) is 13.8 Å². The van der Waals surface area contributed by atoms with Crippen LogP contribution in [0.3, 0.4) is 0 Å². The third kappa shape index (κ3) is 2.20. The number of urea groups is 1. The lowest BCUT2D eigenvalue weighted by molar-refractivity contribution is -0.121. The molecule has 0 saturated carbocycles. The molecule has 1 aliphatic rings. The Balaban J connectivity index is 2.59. The lowest BCUT2D eigenvalue weighted by Gasteiger charge is -2.33. The molecule has 1 fully saturated rings. The number of rotatable bonds is 3. The molecule has 0 atom stereocenters. The fraction of sp³-hybridized carbons (Fsp3) is 0.778. The summed E-state index contributed by atoms with van der Waals surface area (Å²) < 4.78 is 0. The van der Waals surface area contributed by atoms with Gasteiger partial charge in [0.15, 0.2) is 0 Å². The molecule has 0 bridgehead atoms. The van der Waals surface area contributed by atoms with Gasteiger partial charge in [-0.3, -0.25) is 10.1 Å². The highest BCUT2D eigenvalue weighted by atomic mass is 16.2. The molecule has 1 N–H and O–H groups in total. The van der Waals surface area contributed by atoms with Crippen molar-refractivity contribution in [1.29, 1.82) is 0 Å². The minimum atomic E-state index is -0.232. The zero-order chi connectivity index (χ0) is 9.84. The SMILES string of the molecule is CCC(CC)N1CCC(=O)NC1=O. The molecule has 3 amide bonds. The first-order chi connectivity index (χ1) is 6.19. The third-order valence-electron chi connectivity index (χ3n) is 2.47. The first kappa shape index (κ1) is 10.0. The van der Waals surface area contributed by atoms with Crippen molar-refractivity contribution in [3.05, 3.63) is 0 Å². The van der Waals surface area contributed by atoms with Gasteiger partial charge in [-0.25, -0.2) is 4.79 Å². The molecule has 0 aromatic rings. The van der Waals surface area contributed by atoms with Crippen LogP contribution in [0.5, 0.6) is 0 Å². The molecule has 1 aliphatic heterocycles.